The molecule has 0 heterocycles. The van der Waals surface area contributed by atoms with E-state index in [4.69, 9.17) is 4.74 Å². The van der Waals surface area contributed by atoms with Crippen molar-refractivity contribution in [3.8, 4) is 0 Å². The van der Waals surface area contributed by atoms with Crippen molar-refractivity contribution in [2.24, 2.45) is 5.92 Å². The van der Waals surface area contributed by atoms with E-state index in [0.29, 0.717) is 30.4 Å². The third-order valence-corrected chi connectivity index (χ3v) is 6.82. The lowest BCUT2D eigenvalue weighted by molar-refractivity contribution is -0.137. The molecule has 0 N–H and O–H groups in total. The number of hydrogen-bond donors (Lipinski definition) is 0. The van der Waals surface area contributed by atoms with Crippen molar-refractivity contribution in [1.82, 2.24) is 0 Å². The molecule has 0 aromatic heterocycles. The van der Waals surface area contributed by atoms with Gasteiger partial charge >= 0.3 is 0 Å². The quantitative estimate of drug-likeness (QED) is 0.316. The van der Waals surface area contributed by atoms with Crippen LogP contribution in [0.2, 0.25) is 0 Å². The van der Waals surface area contributed by atoms with Crippen LogP contribution in [0.3, 0.4) is 0 Å². The lowest BCUT2D eigenvalue weighted by Gasteiger charge is -2.45. The SMILES string of the molecule is CC(C)CC(OC1(C(=O)c2ccccc2)CCCCC1)(C(=O)c1ccccc1)c1ccccc1. The monoisotopic (exact) mass is 454 g/mol. The Kier molecular flexibility index (Phi) is 7.43. The molecule has 3 aromatic carbocycles. The molecule has 3 aromatic rings. The molecule has 3 heteroatoms. The molecule has 1 atom stereocenters. The highest BCUT2D eigenvalue weighted by Crippen LogP contribution is 2.45. The maximum absolute atomic E-state index is 14.3. The number of carbonyl (C=O) groups excluding carboxylic acids is 2. The van der Waals surface area contributed by atoms with Crippen LogP contribution >= 0.6 is 0 Å². The highest BCUT2D eigenvalue weighted by Gasteiger charge is 2.52. The number of Topliss-reactive ketones (excluding diaryl/α,β-unsaturated/α-hetero) is 2. The second-order valence-corrected chi connectivity index (χ2v) is 9.84. The molecule has 0 spiro atoms. The minimum atomic E-state index is -1.25. The highest BCUT2D eigenvalue weighted by molar-refractivity contribution is 6.05. The second kappa shape index (κ2) is 10.5. The molecule has 1 aliphatic carbocycles. The van der Waals surface area contributed by atoms with Crippen molar-refractivity contribution in [1.29, 1.82) is 0 Å². The van der Waals surface area contributed by atoms with E-state index in [0.717, 1.165) is 24.8 Å². The fourth-order valence-corrected chi connectivity index (χ4v) is 5.28. The number of rotatable bonds is 9. The van der Waals surface area contributed by atoms with E-state index in [9.17, 15) is 9.59 Å². The first-order valence-corrected chi connectivity index (χ1v) is 12.4. The Bertz CT molecular complexity index is 1080. The van der Waals surface area contributed by atoms with E-state index in [-0.39, 0.29) is 17.5 Å². The van der Waals surface area contributed by atoms with E-state index in [1.54, 1.807) is 0 Å². The molecular weight excluding hydrogens is 420 g/mol. The van der Waals surface area contributed by atoms with E-state index in [1.807, 2.05) is 91.0 Å². The third kappa shape index (κ3) is 4.90. The van der Waals surface area contributed by atoms with Crippen LogP contribution in [0.4, 0.5) is 0 Å². The van der Waals surface area contributed by atoms with Crippen LogP contribution in [-0.4, -0.2) is 17.2 Å². The van der Waals surface area contributed by atoms with E-state index in [1.165, 1.54) is 0 Å². The molecule has 1 fully saturated rings. The third-order valence-electron chi connectivity index (χ3n) is 6.82. The Morgan fingerprint density at radius 3 is 1.79 bits per heavy atom. The summed E-state index contributed by atoms with van der Waals surface area (Å²) >= 11 is 0. The van der Waals surface area contributed by atoms with E-state index < -0.39 is 11.2 Å². The van der Waals surface area contributed by atoms with Gasteiger partial charge in [0.15, 0.2) is 17.2 Å². The van der Waals surface area contributed by atoms with Gasteiger partial charge < -0.3 is 4.74 Å². The van der Waals surface area contributed by atoms with Gasteiger partial charge in [0.25, 0.3) is 0 Å². The molecule has 176 valence electrons. The van der Waals surface area contributed by atoms with Crippen molar-refractivity contribution in [2.45, 2.75) is 63.6 Å². The van der Waals surface area contributed by atoms with Crippen LogP contribution in [0, 0.1) is 5.92 Å². The van der Waals surface area contributed by atoms with Crippen LogP contribution in [0.25, 0.3) is 0 Å². The summed E-state index contributed by atoms with van der Waals surface area (Å²) in [5.74, 6) is 0.0804. The van der Waals surface area contributed by atoms with Gasteiger partial charge in [-0.3, -0.25) is 9.59 Å². The fourth-order valence-electron chi connectivity index (χ4n) is 5.28. The number of hydrogen-bond acceptors (Lipinski definition) is 3. The molecule has 3 nitrogen and oxygen atoms in total. The average molecular weight is 455 g/mol. The number of ether oxygens (including phenoxy) is 1. The second-order valence-electron chi connectivity index (χ2n) is 9.84. The zero-order valence-corrected chi connectivity index (χ0v) is 20.2. The predicted molar refractivity (Wildman–Crippen MR) is 136 cm³/mol. The first-order valence-electron chi connectivity index (χ1n) is 12.4. The zero-order chi connectivity index (χ0) is 24.0. The molecule has 0 bridgehead atoms. The standard InChI is InChI=1S/C31H34O3/c1-24(2)23-31(27-19-11-5-12-20-27,29(33)26-17-9-4-10-18-26)34-30(21-13-6-14-22-30)28(32)25-15-7-3-8-16-25/h3-5,7-12,15-20,24H,6,13-14,21-23H2,1-2H3. The summed E-state index contributed by atoms with van der Waals surface area (Å²) in [5.41, 5.74) is -0.232. The lowest BCUT2D eigenvalue weighted by atomic mass is 9.75. The highest BCUT2D eigenvalue weighted by atomic mass is 16.5. The van der Waals surface area contributed by atoms with Crippen LogP contribution in [0.15, 0.2) is 91.0 Å². The number of benzene rings is 3. The summed E-state index contributed by atoms with van der Waals surface area (Å²) in [4.78, 5) is 28.4. The van der Waals surface area contributed by atoms with Crippen molar-refractivity contribution in [3.63, 3.8) is 0 Å². The van der Waals surface area contributed by atoms with Crippen LogP contribution in [-0.2, 0) is 10.3 Å². The summed E-state index contributed by atoms with van der Waals surface area (Å²) in [5, 5.41) is 0. The molecule has 0 saturated heterocycles. The molecule has 1 aliphatic rings. The van der Waals surface area contributed by atoms with Gasteiger partial charge in [0.2, 0.25) is 0 Å². The zero-order valence-electron chi connectivity index (χ0n) is 20.2. The van der Waals surface area contributed by atoms with Crippen LogP contribution < -0.4 is 0 Å². The van der Waals surface area contributed by atoms with Crippen molar-refractivity contribution >= 4 is 11.6 Å². The Morgan fingerprint density at radius 2 is 1.26 bits per heavy atom. The van der Waals surface area contributed by atoms with Crippen LogP contribution in [0.1, 0.15) is 78.7 Å². The fraction of sp³-hybridized carbons (Fsp3) is 0.355. The minimum Gasteiger partial charge on any atom is -0.347 e. The smallest absolute Gasteiger partial charge is 0.199 e. The Morgan fingerprint density at radius 1 is 0.765 bits per heavy atom. The van der Waals surface area contributed by atoms with E-state index >= 15 is 0 Å². The normalized spacial score (nSPS) is 17.1. The molecule has 1 saturated carbocycles. The van der Waals surface area contributed by atoms with Gasteiger partial charge in [0.1, 0.15) is 5.60 Å². The Hall–Kier alpha value is -3.04. The predicted octanol–water partition coefficient (Wildman–Crippen LogP) is 7.41. The first-order chi connectivity index (χ1) is 16.5. The van der Waals surface area contributed by atoms with Crippen molar-refractivity contribution in [3.05, 3.63) is 108 Å². The largest absolute Gasteiger partial charge is 0.347 e. The van der Waals surface area contributed by atoms with Gasteiger partial charge in [-0.15, -0.1) is 0 Å². The lowest BCUT2D eigenvalue weighted by Crippen LogP contribution is -2.53. The summed E-state index contributed by atoms with van der Waals surface area (Å²) < 4.78 is 7.10. The summed E-state index contributed by atoms with van der Waals surface area (Å²) in [6, 6.07) is 28.5. The molecular formula is C31H34O3. The molecule has 4 rings (SSSR count). The molecule has 0 amide bonds. The summed E-state index contributed by atoms with van der Waals surface area (Å²) in [6.45, 7) is 4.21. The van der Waals surface area contributed by atoms with Gasteiger partial charge in [-0.1, -0.05) is 124 Å². The maximum Gasteiger partial charge on any atom is 0.199 e. The molecule has 0 aliphatic heterocycles. The van der Waals surface area contributed by atoms with Crippen LogP contribution in [0.5, 0.6) is 0 Å². The van der Waals surface area contributed by atoms with Gasteiger partial charge in [0.05, 0.1) is 0 Å². The summed E-state index contributed by atoms with van der Waals surface area (Å²) in [6.07, 6.45) is 4.62. The Labute approximate surface area is 203 Å². The summed E-state index contributed by atoms with van der Waals surface area (Å²) in [7, 11) is 0. The average Bonchev–Trinajstić information content (AvgIpc) is 2.89. The number of ketones is 2. The van der Waals surface area contributed by atoms with Gasteiger partial charge in [0, 0.05) is 11.1 Å². The molecule has 34 heavy (non-hydrogen) atoms. The van der Waals surface area contributed by atoms with Gasteiger partial charge in [-0.25, -0.2) is 0 Å². The molecule has 0 radical (unpaired) electrons. The number of carbonyl (C=O) groups is 2. The topological polar surface area (TPSA) is 43.4 Å². The van der Waals surface area contributed by atoms with Crippen molar-refractivity contribution in [2.75, 3.05) is 0 Å². The van der Waals surface area contributed by atoms with Gasteiger partial charge in [-0.2, -0.15) is 0 Å². The first kappa shape index (κ1) is 24.1. The minimum absolute atomic E-state index is 0.0160. The van der Waals surface area contributed by atoms with E-state index in [2.05, 4.69) is 13.8 Å². The molecule has 1 unspecified atom stereocenters. The van der Waals surface area contributed by atoms with Gasteiger partial charge in [-0.05, 0) is 30.7 Å². The van der Waals surface area contributed by atoms with Crippen molar-refractivity contribution < 1.29 is 14.3 Å². The Balaban J connectivity index is 1.89. The maximum atomic E-state index is 14.3.